The summed E-state index contributed by atoms with van der Waals surface area (Å²) in [6, 6.07) is 8.20. The van der Waals surface area contributed by atoms with Crippen LogP contribution in [0.4, 0.5) is 5.69 Å². The largest absolute Gasteiger partial charge is 0.495 e. The van der Waals surface area contributed by atoms with Crippen LogP contribution in [0.15, 0.2) is 29.3 Å². The number of ether oxygens (including phenoxy) is 2. The van der Waals surface area contributed by atoms with E-state index in [2.05, 4.69) is 37.4 Å². The number of guanidine groups is 1. The quantitative estimate of drug-likeness (QED) is 0.554. The van der Waals surface area contributed by atoms with E-state index < -0.39 is 0 Å². The molecule has 2 fully saturated rings. The molecule has 2 aromatic rings. The first kappa shape index (κ1) is 21.4. The van der Waals surface area contributed by atoms with Crippen molar-refractivity contribution in [1.82, 2.24) is 25.0 Å². The van der Waals surface area contributed by atoms with Crippen LogP contribution in [0, 0.1) is 6.92 Å². The van der Waals surface area contributed by atoms with Crippen LogP contribution in [0.25, 0.3) is 0 Å². The maximum Gasteiger partial charge on any atom is 0.194 e. The molecule has 4 rings (SSSR count). The molecular formula is C22H33N7O2. The second-order valence-electron chi connectivity index (χ2n) is 8.02. The minimum atomic E-state index is 0.261. The van der Waals surface area contributed by atoms with Crippen LogP contribution in [0.2, 0.25) is 0 Å². The van der Waals surface area contributed by atoms with Gasteiger partial charge in [-0.05, 0) is 31.9 Å². The number of nitrogens with one attached hydrogen (secondary N) is 1. The zero-order valence-electron chi connectivity index (χ0n) is 18.8. The SMILES string of the molecule is COc1ccccc1N1CCN(C(=NCc2nnc(C)n2C)NCC2CCCO2)CC1. The Labute approximate surface area is 184 Å². The minimum Gasteiger partial charge on any atom is -0.495 e. The third kappa shape index (κ3) is 5.10. The Balaban J connectivity index is 1.43. The lowest BCUT2D eigenvalue weighted by atomic mass is 10.2. The van der Waals surface area contributed by atoms with E-state index in [-0.39, 0.29) is 6.10 Å². The molecule has 1 aromatic heterocycles. The highest BCUT2D eigenvalue weighted by Gasteiger charge is 2.23. The molecule has 1 aromatic carbocycles. The number of aryl methyl sites for hydroxylation is 1. The van der Waals surface area contributed by atoms with Crippen molar-refractivity contribution in [3.63, 3.8) is 0 Å². The summed E-state index contributed by atoms with van der Waals surface area (Å²) in [6.07, 6.45) is 2.50. The van der Waals surface area contributed by atoms with E-state index >= 15 is 0 Å². The van der Waals surface area contributed by atoms with Crippen LogP contribution in [0.5, 0.6) is 5.75 Å². The molecule has 31 heavy (non-hydrogen) atoms. The summed E-state index contributed by atoms with van der Waals surface area (Å²) in [7, 11) is 3.70. The molecule has 0 saturated carbocycles. The first-order valence-corrected chi connectivity index (χ1v) is 11.0. The lowest BCUT2D eigenvalue weighted by molar-refractivity contribution is 0.113. The minimum absolute atomic E-state index is 0.261. The average Bonchev–Trinajstić information content (AvgIpc) is 3.44. The van der Waals surface area contributed by atoms with Gasteiger partial charge in [-0.25, -0.2) is 4.99 Å². The number of aliphatic imine (C=N–C) groups is 1. The van der Waals surface area contributed by atoms with Crippen molar-refractivity contribution in [3.8, 4) is 5.75 Å². The van der Waals surface area contributed by atoms with Crippen molar-refractivity contribution in [1.29, 1.82) is 0 Å². The van der Waals surface area contributed by atoms with E-state index in [1.165, 1.54) is 0 Å². The van der Waals surface area contributed by atoms with Gasteiger partial charge in [0.05, 0.1) is 18.9 Å². The predicted molar refractivity (Wildman–Crippen MR) is 121 cm³/mol. The summed E-state index contributed by atoms with van der Waals surface area (Å²) < 4.78 is 13.3. The van der Waals surface area contributed by atoms with Crippen LogP contribution < -0.4 is 15.0 Å². The zero-order chi connectivity index (χ0) is 21.6. The molecule has 0 aliphatic carbocycles. The monoisotopic (exact) mass is 427 g/mol. The van der Waals surface area contributed by atoms with E-state index in [1.807, 2.05) is 30.7 Å². The molecule has 0 spiro atoms. The van der Waals surface area contributed by atoms with Gasteiger partial charge in [0, 0.05) is 46.4 Å². The number of rotatable bonds is 6. The number of anilines is 1. The standard InChI is InChI=1S/C22H33N7O2/c1-17-25-26-21(27(17)2)16-24-22(23-15-18-7-6-14-31-18)29-12-10-28(11-13-29)19-8-4-5-9-20(19)30-3/h4-5,8-9,18H,6-7,10-16H2,1-3H3,(H,23,24). The van der Waals surface area contributed by atoms with Crippen LogP contribution in [-0.4, -0.2) is 78.2 Å². The number of hydrogen-bond donors (Lipinski definition) is 1. The van der Waals surface area contributed by atoms with Crippen molar-refractivity contribution in [2.45, 2.75) is 32.4 Å². The smallest absolute Gasteiger partial charge is 0.194 e. The van der Waals surface area contributed by atoms with Gasteiger partial charge in [0.15, 0.2) is 11.8 Å². The highest BCUT2D eigenvalue weighted by atomic mass is 16.5. The summed E-state index contributed by atoms with van der Waals surface area (Å²) >= 11 is 0. The topological polar surface area (TPSA) is 80.0 Å². The van der Waals surface area contributed by atoms with Crippen molar-refractivity contribution in [2.24, 2.45) is 12.0 Å². The number of benzene rings is 1. The Morgan fingerprint density at radius 2 is 2.03 bits per heavy atom. The Kier molecular flexibility index (Phi) is 6.91. The Hall–Kier alpha value is -2.81. The lowest BCUT2D eigenvalue weighted by Gasteiger charge is -2.38. The molecule has 9 nitrogen and oxygen atoms in total. The molecule has 0 amide bonds. The molecule has 2 saturated heterocycles. The second-order valence-corrected chi connectivity index (χ2v) is 8.02. The number of piperazine rings is 1. The highest BCUT2D eigenvalue weighted by molar-refractivity contribution is 5.80. The summed E-state index contributed by atoms with van der Waals surface area (Å²) in [5.41, 5.74) is 1.14. The summed E-state index contributed by atoms with van der Waals surface area (Å²) in [5, 5.41) is 12.0. The Bertz CT molecular complexity index is 884. The summed E-state index contributed by atoms with van der Waals surface area (Å²) in [5.74, 6) is 3.58. The van der Waals surface area contributed by atoms with Gasteiger partial charge in [-0.2, -0.15) is 0 Å². The van der Waals surface area contributed by atoms with Crippen molar-refractivity contribution >= 4 is 11.6 Å². The predicted octanol–water partition coefficient (Wildman–Crippen LogP) is 1.58. The molecule has 168 valence electrons. The molecular weight excluding hydrogens is 394 g/mol. The van der Waals surface area contributed by atoms with Gasteiger partial charge in [0.1, 0.15) is 18.1 Å². The maximum absolute atomic E-state index is 5.79. The fourth-order valence-electron chi connectivity index (χ4n) is 4.06. The van der Waals surface area contributed by atoms with Crippen molar-refractivity contribution in [3.05, 3.63) is 35.9 Å². The molecule has 1 atom stereocenters. The maximum atomic E-state index is 5.79. The lowest BCUT2D eigenvalue weighted by Crippen LogP contribution is -2.53. The molecule has 2 aliphatic rings. The normalized spacial score (nSPS) is 19.7. The van der Waals surface area contributed by atoms with Crippen LogP contribution in [-0.2, 0) is 18.3 Å². The van der Waals surface area contributed by atoms with Crippen LogP contribution >= 0.6 is 0 Å². The number of hydrogen-bond acceptors (Lipinski definition) is 6. The summed E-state index contributed by atoms with van der Waals surface area (Å²) in [6.45, 7) is 7.67. The fraction of sp³-hybridized carbons (Fsp3) is 0.591. The number of para-hydroxylation sites is 2. The molecule has 3 heterocycles. The highest BCUT2D eigenvalue weighted by Crippen LogP contribution is 2.28. The van der Waals surface area contributed by atoms with E-state index in [0.717, 1.165) is 81.2 Å². The van der Waals surface area contributed by atoms with Gasteiger partial charge >= 0.3 is 0 Å². The first-order chi connectivity index (χ1) is 15.2. The summed E-state index contributed by atoms with van der Waals surface area (Å²) in [4.78, 5) is 9.59. The fourth-order valence-corrected chi connectivity index (χ4v) is 4.06. The van der Waals surface area contributed by atoms with Gasteiger partial charge < -0.3 is 29.2 Å². The van der Waals surface area contributed by atoms with E-state index in [9.17, 15) is 0 Å². The van der Waals surface area contributed by atoms with Gasteiger partial charge in [0.2, 0.25) is 0 Å². The zero-order valence-corrected chi connectivity index (χ0v) is 18.8. The molecule has 2 aliphatic heterocycles. The van der Waals surface area contributed by atoms with E-state index in [1.54, 1.807) is 7.11 Å². The van der Waals surface area contributed by atoms with Gasteiger partial charge in [-0.3, -0.25) is 0 Å². The number of methoxy groups -OCH3 is 1. The van der Waals surface area contributed by atoms with Crippen LogP contribution in [0.3, 0.4) is 0 Å². The number of aromatic nitrogens is 3. The Morgan fingerprint density at radius 1 is 1.23 bits per heavy atom. The van der Waals surface area contributed by atoms with Gasteiger partial charge in [-0.1, -0.05) is 12.1 Å². The molecule has 0 radical (unpaired) electrons. The average molecular weight is 428 g/mol. The van der Waals surface area contributed by atoms with Crippen LogP contribution in [0.1, 0.15) is 24.5 Å². The van der Waals surface area contributed by atoms with Crippen molar-refractivity contribution in [2.75, 3.05) is 51.3 Å². The molecule has 1 unspecified atom stereocenters. The first-order valence-electron chi connectivity index (χ1n) is 11.0. The third-order valence-corrected chi connectivity index (χ3v) is 6.07. The molecule has 0 bridgehead atoms. The van der Waals surface area contributed by atoms with E-state index in [4.69, 9.17) is 14.5 Å². The number of nitrogens with zero attached hydrogens (tertiary/aromatic N) is 6. The van der Waals surface area contributed by atoms with Gasteiger partial charge in [0.25, 0.3) is 0 Å². The van der Waals surface area contributed by atoms with Gasteiger partial charge in [-0.15, -0.1) is 10.2 Å². The molecule has 1 N–H and O–H groups in total. The second kappa shape index (κ2) is 10.00. The van der Waals surface area contributed by atoms with Crippen molar-refractivity contribution < 1.29 is 9.47 Å². The van der Waals surface area contributed by atoms with E-state index in [0.29, 0.717) is 6.54 Å². The molecule has 9 heteroatoms. The third-order valence-electron chi connectivity index (χ3n) is 6.07. The Morgan fingerprint density at radius 3 is 2.71 bits per heavy atom.